The number of alkyl carbamates (subject to hydrolysis) is 1. The second-order valence-electron chi connectivity index (χ2n) is 5.76. The van der Waals surface area contributed by atoms with Crippen molar-refractivity contribution in [3.8, 4) is 0 Å². The molecule has 0 aliphatic carbocycles. The fourth-order valence-corrected chi connectivity index (χ4v) is 1.88. The molecule has 1 unspecified atom stereocenters. The van der Waals surface area contributed by atoms with Gasteiger partial charge in [0, 0.05) is 19.6 Å². The molecule has 1 aliphatic heterocycles. The molecular weight excluding hydrogens is 246 g/mol. The van der Waals surface area contributed by atoms with Crippen LogP contribution in [0.3, 0.4) is 0 Å². The molecule has 0 radical (unpaired) electrons. The topological polar surface area (TPSA) is 79.5 Å². The number of carbonyl (C=O) groups excluding carboxylic acids is 2. The van der Waals surface area contributed by atoms with E-state index < -0.39 is 11.7 Å². The van der Waals surface area contributed by atoms with Crippen molar-refractivity contribution in [2.45, 2.75) is 39.2 Å². The quantitative estimate of drug-likeness (QED) is 0.655. The highest BCUT2D eigenvalue weighted by Gasteiger charge is 2.20. The maximum absolute atomic E-state index is 11.8. The van der Waals surface area contributed by atoms with Gasteiger partial charge in [-0.1, -0.05) is 0 Å². The molecule has 1 rings (SSSR count). The minimum absolute atomic E-state index is 0.0512. The van der Waals surface area contributed by atoms with Crippen molar-refractivity contribution in [1.29, 1.82) is 0 Å². The van der Waals surface area contributed by atoms with Crippen molar-refractivity contribution >= 4 is 12.0 Å². The van der Waals surface area contributed by atoms with Crippen LogP contribution in [-0.2, 0) is 9.53 Å². The third-order valence-corrected chi connectivity index (χ3v) is 2.76. The lowest BCUT2D eigenvalue weighted by Crippen LogP contribution is -2.43. The first-order valence-corrected chi connectivity index (χ1v) is 6.84. The van der Waals surface area contributed by atoms with E-state index in [2.05, 4.69) is 16.0 Å². The van der Waals surface area contributed by atoms with E-state index in [9.17, 15) is 9.59 Å². The standard InChI is InChI=1S/C13H25N3O3/c1-13(2,3)19-12(18)16-8-7-15-11(17)10-5-4-6-14-9-10/h10,14H,4-9H2,1-3H3,(H,15,17)(H,16,18). The Labute approximate surface area is 114 Å². The Balaban J connectivity index is 2.10. The summed E-state index contributed by atoms with van der Waals surface area (Å²) >= 11 is 0. The second-order valence-corrected chi connectivity index (χ2v) is 5.76. The summed E-state index contributed by atoms with van der Waals surface area (Å²) < 4.78 is 5.09. The fraction of sp³-hybridized carbons (Fsp3) is 0.846. The molecule has 6 nitrogen and oxygen atoms in total. The summed E-state index contributed by atoms with van der Waals surface area (Å²) in [6.07, 6.45) is 1.51. The lowest BCUT2D eigenvalue weighted by atomic mass is 9.99. The number of ether oxygens (including phenoxy) is 1. The van der Waals surface area contributed by atoms with Crippen LogP contribution in [0.5, 0.6) is 0 Å². The summed E-state index contributed by atoms with van der Waals surface area (Å²) in [7, 11) is 0. The lowest BCUT2D eigenvalue weighted by molar-refractivity contribution is -0.125. The molecule has 0 saturated carbocycles. The Morgan fingerprint density at radius 3 is 2.53 bits per heavy atom. The predicted molar refractivity (Wildman–Crippen MR) is 72.8 cm³/mol. The van der Waals surface area contributed by atoms with Gasteiger partial charge in [-0.25, -0.2) is 4.79 Å². The monoisotopic (exact) mass is 271 g/mol. The molecule has 0 aromatic rings. The molecule has 0 spiro atoms. The molecule has 3 N–H and O–H groups in total. The average Bonchev–Trinajstić information content (AvgIpc) is 2.33. The first kappa shape index (κ1) is 15.8. The minimum atomic E-state index is -0.499. The van der Waals surface area contributed by atoms with Gasteiger partial charge < -0.3 is 20.7 Å². The van der Waals surface area contributed by atoms with E-state index >= 15 is 0 Å². The SMILES string of the molecule is CC(C)(C)OC(=O)NCCNC(=O)C1CCCNC1. The molecule has 1 heterocycles. The third-order valence-electron chi connectivity index (χ3n) is 2.76. The summed E-state index contributed by atoms with van der Waals surface area (Å²) in [4.78, 5) is 23.1. The fourth-order valence-electron chi connectivity index (χ4n) is 1.88. The average molecular weight is 271 g/mol. The van der Waals surface area contributed by atoms with Crippen LogP contribution in [0.4, 0.5) is 4.79 Å². The number of rotatable bonds is 4. The van der Waals surface area contributed by atoms with Crippen LogP contribution >= 0.6 is 0 Å². The van der Waals surface area contributed by atoms with E-state index in [0.29, 0.717) is 13.1 Å². The van der Waals surface area contributed by atoms with Gasteiger partial charge in [0.15, 0.2) is 0 Å². The molecule has 6 heteroatoms. The smallest absolute Gasteiger partial charge is 0.407 e. The first-order chi connectivity index (χ1) is 8.88. The van der Waals surface area contributed by atoms with Crippen LogP contribution < -0.4 is 16.0 Å². The second kappa shape index (κ2) is 7.33. The highest BCUT2D eigenvalue weighted by atomic mass is 16.6. The van der Waals surface area contributed by atoms with E-state index in [4.69, 9.17) is 4.74 Å². The van der Waals surface area contributed by atoms with E-state index in [-0.39, 0.29) is 11.8 Å². The Hall–Kier alpha value is -1.30. The van der Waals surface area contributed by atoms with E-state index in [1.54, 1.807) is 0 Å². The lowest BCUT2D eigenvalue weighted by Gasteiger charge is -2.22. The van der Waals surface area contributed by atoms with Crippen LogP contribution in [0, 0.1) is 5.92 Å². The number of piperidine rings is 1. The van der Waals surface area contributed by atoms with Crippen LogP contribution in [0.1, 0.15) is 33.6 Å². The molecular formula is C13H25N3O3. The van der Waals surface area contributed by atoms with Gasteiger partial charge in [0.1, 0.15) is 5.60 Å². The van der Waals surface area contributed by atoms with Gasteiger partial charge in [-0.3, -0.25) is 4.79 Å². The highest BCUT2D eigenvalue weighted by Crippen LogP contribution is 2.09. The number of amides is 2. The molecule has 110 valence electrons. The molecule has 2 amide bonds. The van der Waals surface area contributed by atoms with E-state index in [0.717, 1.165) is 25.9 Å². The van der Waals surface area contributed by atoms with Crippen molar-refractivity contribution in [3.05, 3.63) is 0 Å². The van der Waals surface area contributed by atoms with E-state index in [1.165, 1.54) is 0 Å². The summed E-state index contributed by atoms with van der Waals surface area (Å²) in [5.74, 6) is 0.105. The number of carbonyl (C=O) groups is 2. The first-order valence-electron chi connectivity index (χ1n) is 6.84. The van der Waals surface area contributed by atoms with Gasteiger partial charge >= 0.3 is 6.09 Å². The summed E-state index contributed by atoms with van der Waals surface area (Å²) in [6.45, 7) is 7.96. The normalized spacial score (nSPS) is 19.6. The highest BCUT2D eigenvalue weighted by molar-refractivity contribution is 5.79. The summed E-state index contributed by atoms with van der Waals surface area (Å²) in [5.41, 5.74) is -0.499. The molecule has 0 aromatic heterocycles. The summed E-state index contributed by atoms with van der Waals surface area (Å²) in [5, 5.41) is 8.63. The van der Waals surface area contributed by atoms with Gasteiger partial charge in [0.25, 0.3) is 0 Å². The minimum Gasteiger partial charge on any atom is -0.444 e. The molecule has 19 heavy (non-hydrogen) atoms. The zero-order chi connectivity index (χ0) is 14.3. The van der Waals surface area contributed by atoms with E-state index in [1.807, 2.05) is 20.8 Å². The Kier molecular flexibility index (Phi) is 6.08. The van der Waals surface area contributed by atoms with Crippen molar-refractivity contribution in [2.75, 3.05) is 26.2 Å². The zero-order valence-electron chi connectivity index (χ0n) is 12.0. The predicted octanol–water partition coefficient (Wildman–Crippen LogP) is 0.627. The Morgan fingerprint density at radius 2 is 1.95 bits per heavy atom. The van der Waals surface area contributed by atoms with Crippen LogP contribution in [-0.4, -0.2) is 43.8 Å². The largest absolute Gasteiger partial charge is 0.444 e. The van der Waals surface area contributed by atoms with Gasteiger partial charge in [-0.15, -0.1) is 0 Å². The van der Waals surface area contributed by atoms with Crippen molar-refractivity contribution in [3.63, 3.8) is 0 Å². The number of hydrogen-bond donors (Lipinski definition) is 3. The van der Waals surface area contributed by atoms with Crippen LogP contribution in [0.25, 0.3) is 0 Å². The zero-order valence-corrected chi connectivity index (χ0v) is 12.0. The molecule has 1 atom stereocenters. The summed E-state index contributed by atoms with van der Waals surface area (Å²) in [6, 6.07) is 0. The third kappa shape index (κ3) is 7.00. The van der Waals surface area contributed by atoms with Gasteiger partial charge in [0.2, 0.25) is 5.91 Å². The maximum atomic E-state index is 11.8. The van der Waals surface area contributed by atoms with Crippen LogP contribution in [0.2, 0.25) is 0 Å². The van der Waals surface area contributed by atoms with Crippen molar-refractivity contribution in [2.24, 2.45) is 5.92 Å². The maximum Gasteiger partial charge on any atom is 0.407 e. The molecule has 0 bridgehead atoms. The number of hydrogen-bond acceptors (Lipinski definition) is 4. The van der Waals surface area contributed by atoms with Crippen LogP contribution in [0.15, 0.2) is 0 Å². The van der Waals surface area contributed by atoms with Gasteiger partial charge in [-0.05, 0) is 40.2 Å². The Morgan fingerprint density at radius 1 is 1.26 bits per heavy atom. The molecule has 1 saturated heterocycles. The van der Waals surface area contributed by atoms with Crippen molar-refractivity contribution < 1.29 is 14.3 Å². The molecule has 1 fully saturated rings. The molecule has 0 aromatic carbocycles. The van der Waals surface area contributed by atoms with Crippen molar-refractivity contribution in [1.82, 2.24) is 16.0 Å². The Bertz CT molecular complexity index is 307. The molecule has 1 aliphatic rings. The van der Waals surface area contributed by atoms with Gasteiger partial charge in [-0.2, -0.15) is 0 Å². The number of nitrogens with one attached hydrogen (secondary N) is 3. The van der Waals surface area contributed by atoms with Gasteiger partial charge in [0.05, 0.1) is 5.92 Å².